The van der Waals surface area contributed by atoms with E-state index in [0.29, 0.717) is 29.0 Å². The van der Waals surface area contributed by atoms with Crippen LogP contribution in [0.3, 0.4) is 0 Å². The number of sulfone groups is 1. The van der Waals surface area contributed by atoms with Gasteiger partial charge in [-0.15, -0.1) is 16.4 Å². The van der Waals surface area contributed by atoms with Gasteiger partial charge in [0, 0.05) is 10.4 Å². The number of aromatic nitrogens is 2. The van der Waals surface area contributed by atoms with Gasteiger partial charge in [0.25, 0.3) is 0 Å². The quantitative estimate of drug-likeness (QED) is 0.405. The molecule has 0 radical (unpaired) electrons. The number of amides is 1. The molecule has 11 nitrogen and oxygen atoms in total. The summed E-state index contributed by atoms with van der Waals surface area (Å²) >= 11 is 1.27. The molecular weight excluding hydrogens is 510 g/mol. The minimum atomic E-state index is -4.26. The van der Waals surface area contributed by atoms with Crippen molar-refractivity contribution in [1.29, 1.82) is 0 Å². The number of benzene rings is 1. The molecule has 0 atom stereocenters. The van der Waals surface area contributed by atoms with Crippen LogP contribution in [-0.4, -0.2) is 57.1 Å². The fraction of sp³-hybridized carbons (Fsp3) is 0.391. The van der Waals surface area contributed by atoms with E-state index in [1.807, 2.05) is 0 Å². The van der Waals surface area contributed by atoms with Crippen molar-refractivity contribution >= 4 is 38.1 Å². The predicted octanol–water partition coefficient (Wildman–Crippen LogP) is 3.28. The first-order valence-corrected chi connectivity index (χ1v) is 13.6. The second-order valence-corrected chi connectivity index (χ2v) is 10.9. The average molecular weight is 536 g/mol. The normalized spacial score (nSPS) is 13.1. The Morgan fingerprint density at radius 1 is 1.11 bits per heavy atom. The summed E-state index contributed by atoms with van der Waals surface area (Å²) < 4.78 is 46.6. The zero-order chi connectivity index (χ0) is 25.9. The van der Waals surface area contributed by atoms with E-state index in [1.165, 1.54) is 25.6 Å². The van der Waals surface area contributed by atoms with Crippen LogP contribution in [0, 0.1) is 0 Å². The molecule has 0 unspecified atom stereocenters. The van der Waals surface area contributed by atoms with E-state index >= 15 is 0 Å². The van der Waals surface area contributed by atoms with E-state index in [2.05, 4.69) is 15.5 Å². The van der Waals surface area contributed by atoms with Crippen LogP contribution in [0.5, 0.6) is 11.5 Å². The molecule has 1 aliphatic rings. The number of thiophene rings is 1. The van der Waals surface area contributed by atoms with Crippen LogP contribution in [0.15, 0.2) is 27.8 Å². The van der Waals surface area contributed by atoms with Gasteiger partial charge in [-0.05, 0) is 56.4 Å². The average Bonchev–Trinajstić information content (AvgIpc) is 3.49. The van der Waals surface area contributed by atoms with Gasteiger partial charge in [0.1, 0.15) is 10.8 Å². The molecule has 2 aromatic heterocycles. The molecule has 1 N–H and O–H groups in total. The third kappa shape index (κ3) is 5.21. The maximum absolute atomic E-state index is 12.8. The van der Waals surface area contributed by atoms with Crippen molar-refractivity contribution < 1.29 is 36.6 Å². The molecule has 0 bridgehead atoms. The van der Waals surface area contributed by atoms with Crippen LogP contribution >= 0.6 is 11.3 Å². The van der Waals surface area contributed by atoms with Crippen LogP contribution < -0.4 is 14.8 Å². The number of nitrogens with one attached hydrogen (secondary N) is 1. The molecule has 13 heteroatoms. The van der Waals surface area contributed by atoms with E-state index in [9.17, 15) is 18.0 Å². The Balaban J connectivity index is 1.53. The zero-order valence-corrected chi connectivity index (χ0v) is 21.6. The Morgan fingerprint density at radius 2 is 1.86 bits per heavy atom. The fourth-order valence-corrected chi connectivity index (χ4v) is 6.10. The Kier molecular flexibility index (Phi) is 7.59. The Hall–Kier alpha value is -3.45. The maximum atomic E-state index is 12.8. The standard InChI is InChI=1S/C23H25N3O8S2/c1-4-33-22(28)19-14-7-5-6-8-17(14)35-21(19)24-18(27)12-36(29,30)23-26-25-20(34-23)13-9-10-15(31-2)16(11-13)32-3/h9-11H,4-8,12H2,1-3H3,(H,24,27). The Labute approximate surface area is 211 Å². The number of ether oxygens (including phenoxy) is 3. The van der Waals surface area contributed by atoms with Gasteiger partial charge < -0.3 is 23.9 Å². The van der Waals surface area contributed by atoms with E-state index in [-0.39, 0.29) is 17.5 Å². The van der Waals surface area contributed by atoms with E-state index in [1.54, 1.807) is 25.1 Å². The summed E-state index contributed by atoms with van der Waals surface area (Å²) in [7, 11) is -1.31. The molecule has 1 aromatic carbocycles. The molecule has 0 spiro atoms. The van der Waals surface area contributed by atoms with E-state index < -0.39 is 32.7 Å². The first kappa shape index (κ1) is 25.6. The van der Waals surface area contributed by atoms with Crippen molar-refractivity contribution in [2.45, 2.75) is 37.8 Å². The lowest BCUT2D eigenvalue weighted by molar-refractivity contribution is -0.113. The second kappa shape index (κ2) is 10.7. The highest BCUT2D eigenvalue weighted by atomic mass is 32.2. The number of esters is 1. The molecule has 3 aromatic rings. The minimum Gasteiger partial charge on any atom is -0.493 e. The number of aryl methyl sites for hydroxylation is 1. The fourth-order valence-electron chi connectivity index (χ4n) is 3.89. The largest absolute Gasteiger partial charge is 0.493 e. The van der Waals surface area contributed by atoms with Gasteiger partial charge in [0.15, 0.2) is 11.5 Å². The minimum absolute atomic E-state index is 0.0644. The first-order chi connectivity index (χ1) is 17.3. The lowest BCUT2D eigenvalue weighted by atomic mass is 9.95. The first-order valence-electron chi connectivity index (χ1n) is 11.2. The van der Waals surface area contributed by atoms with Gasteiger partial charge >= 0.3 is 11.2 Å². The highest BCUT2D eigenvalue weighted by Crippen LogP contribution is 2.39. The molecule has 4 rings (SSSR count). The summed E-state index contributed by atoms with van der Waals surface area (Å²) in [6.07, 6.45) is 3.41. The van der Waals surface area contributed by atoms with Gasteiger partial charge in [-0.25, -0.2) is 13.2 Å². The molecular formula is C23H25N3O8S2. The summed E-state index contributed by atoms with van der Waals surface area (Å²) in [4.78, 5) is 26.3. The number of fused-ring (bicyclic) bond motifs is 1. The van der Waals surface area contributed by atoms with Crippen LogP contribution in [0.25, 0.3) is 11.5 Å². The molecule has 0 saturated carbocycles. The van der Waals surface area contributed by atoms with Gasteiger partial charge in [0.2, 0.25) is 21.6 Å². The SMILES string of the molecule is CCOC(=O)c1c(NC(=O)CS(=O)(=O)c2nnc(-c3ccc(OC)c(OC)c3)o2)sc2c1CCCC2. The van der Waals surface area contributed by atoms with Crippen molar-refractivity contribution in [3.05, 3.63) is 34.2 Å². The monoisotopic (exact) mass is 535 g/mol. The number of nitrogens with zero attached hydrogens (tertiary/aromatic N) is 2. The summed E-state index contributed by atoms with van der Waals surface area (Å²) in [5.74, 6) is -1.50. The number of hydrogen-bond acceptors (Lipinski definition) is 11. The van der Waals surface area contributed by atoms with Crippen LogP contribution in [0.4, 0.5) is 5.00 Å². The lowest BCUT2D eigenvalue weighted by Crippen LogP contribution is -2.24. The second-order valence-electron chi connectivity index (χ2n) is 7.89. The number of carbonyl (C=O) groups is 2. The molecule has 0 fully saturated rings. The van der Waals surface area contributed by atoms with Gasteiger partial charge in [0.05, 0.1) is 26.4 Å². The maximum Gasteiger partial charge on any atom is 0.341 e. The molecule has 1 aliphatic carbocycles. The van der Waals surface area contributed by atoms with Crippen molar-refractivity contribution in [1.82, 2.24) is 10.2 Å². The molecule has 36 heavy (non-hydrogen) atoms. The smallest absolute Gasteiger partial charge is 0.341 e. The third-order valence-electron chi connectivity index (χ3n) is 5.53. The van der Waals surface area contributed by atoms with E-state index in [4.69, 9.17) is 18.6 Å². The third-order valence-corrected chi connectivity index (χ3v) is 8.07. The highest BCUT2D eigenvalue weighted by Gasteiger charge is 2.30. The predicted molar refractivity (Wildman–Crippen MR) is 130 cm³/mol. The van der Waals surface area contributed by atoms with Crippen LogP contribution in [-0.2, 0) is 32.2 Å². The Bertz CT molecular complexity index is 1390. The van der Waals surface area contributed by atoms with Crippen LogP contribution in [0.1, 0.15) is 40.6 Å². The van der Waals surface area contributed by atoms with Crippen molar-refractivity contribution in [2.24, 2.45) is 0 Å². The van der Waals surface area contributed by atoms with Crippen LogP contribution in [0.2, 0.25) is 0 Å². The summed E-state index contributed by atoms with van der Waals surface area (Å²) in [6, 6.07) is 4.78. The van der Waals surface area contributed by atoms with Gasteiger partial charge in [-0.1, -0.05) is 5.10 Å². The molecule has 0 saturated heterocycles. The molecule has 2 heterocycles. The topological polar surface area (TPSA) is 147 Å². The van der Waals surface area contributed by atoms with Gasteiger partial charge in [-0.2, -0.15) is 0 Å². The van der Waals surface area contributed by atoms with Gasteiger partial charge in [-0.3, -0.25) is 4.79 Å². The summed E-state index contributed by atoms with van der Waals surface area (Å²) in [6.45, 7) is 1.88. The molecule has 1 amide bonds. The molecule has 0 aliphatic heterocycles. The number of anilines is 1. The number of hydrogen-bond donors (Lipinski definition) is 1. The lowest BCUT2D eigenvalue weighted by Gasteiger charge is -2.12. The summed E-state index contributed by atoms with van der Waals surface area (Å²) in [5.41, 5.74) is 1.57. The number of carbonyl (C=O) groups excluding carboxylic acids is 2. The Morgan fingerprint density at radius 3 is 2.58 bits per heavy atom. The van der Waals surface area contributed by atoms with Crippen molar-refractivity contribution in [3.8, 4) is 23.0 Å². The number of rotatable bonds is 9. The number of methoxy groups -OCH3 is 2. The molecule has 192 valence electrons. The highest BCUT2D eigenvalue weighted by molar-refractivity contribution is 7.91. The van der Waals surface area contributed by atoms with Crippen molar-refractivity contribution in [3.63, 3.8) is 0 Å². The summed E-state index contributed by atoms with van der Waals surface area (Å²) in [5, 5.41) is 9.58. The zero-order valence-electron chi connectivity index (χ0n) is 20.0. The van der Waals surface area contributed by atoms with E-state index in [0.717, 1.165) is 29.7 Å². The van der Waals surface area contributed by atoms with Crippen molar-refractivity contribution in [2.75, 3.05) is 31.9 Å².